The van der Waals surface area contributed by atoms with Crippen LogP contribution >= 0.6 is 0 Å². The molecule has 0 saturated carbocycles. The van der Waals surface area contributed by atoms with Crippen LogP contribution < -0.4 is 14.4 Å². The summed E-state index contributed by atoms with van der Waals surface area (Å²) in [6.45, 7) is 3.92. The van der Waals surface area contributed by atoms with Gasteiger partial charge in [-0.2, -0.15) is 0 Å². The first kappa shape index (κ1) is 21.6. The third-order valence-corrected chi connectivity index (χ3v) is 5.10. The van der Waals surface area contributed by atoms with Gasteiger partial charge in [-0.25, -0.2) is 17.2 Å². The van der Waals surface area contributed by atoms with E-state index in [0.717, 1.165) is 22.7 Å². The molecule has 6 nitrogen and oxygen atoms in total. The number of halogens is 2. The number of hydrogen-bond acceptors (Lipinski definition) is 4. The number of hydrogen-bond donors (Lipinski definition) is 1. The first-order valence-corrected chi connectivity index (χ1v) is 10.5. The highest BCUT2D eigenvalue weighted by Crippen LogP contribution is 2.26. The number of amides is 1. The Morgan fingerprint density at radius 1 is 1.14 bits per heavy atom. The van der Waals surface area contributed by atoms with Gasteiger partial charge in [0.25, 0.3) is 0 Å². The molecule has 0 bridgehead atoms. The Morgan fingerprint density at radius 2 is 1.79 bits per heavy atom. The van der Waals surface area contributed by atoms with Crippen LogP contribution in [-0.4, -0.2) is 33.2 Å². The molecule has 2 rings (SSSR count). The van der Waals surface area contributed by atoms with E-state index in [1.807, 2.05) is 6.92 Å². The lowest BCUT2D eigenvalue weighted by Gasteiger charge is -2.30. The van der Waals surface area contributed by atoms with Crippen molar-refractivity contribution >= 4 is 27.3 Å². The number of nitrogens with one attached hydrogen (secondary N) is 1. The average molecular weight is 412 g/mol. The molecule has 152 valence electrons. The maximum Gasteiger partial charge on any atom is 0.248 e. The Kier molecular flexibility index (Phi) is 6.95. The second kappa shape index (κ2) is 9.01. The summed E-state index contributed by atoms with van der Waals surface area (Å²) in [5.74, 6) is -1.90. The summed E-state index contributed by atoms with van der Waals surface area (Å²) >= 11 is 0. The SMILES string of the molecule is CCOc1ccc(N(C(CC)C(=O)Nc2ccc(F)cc2F)S(C)(=O)=O)cc1. The van der Waals surface area contributed by atoms with Crippen LogP contribution in [0.25, 0.3) is 0 Å². The molecule has 9 heteroatoms. The van der Waals surface area contributed by atoms with Crippen LogP contribution in [-0.2, 0) is 14.8 Å². The van der Waals surface area contributed by atoms with Gasteiger partial charge in [0.1, 0.15) is 23.4 Å². The minimum Gasteiger partial charge on any atom is -0.494 e. The van der Waals surface area contributed by atoms with Crippen molar-refractivity contribution in [2.24, 2.45) is 0 Å². The number of carbonyl (C=O) groups excluding carboxylic acids is 1. The van der Waals surface area contributed by atoms with Gasteiger partial charge in [-0.15, -0.1) is 0 Å². The number of carbonyl (C=O) groups is 1. The van der Waals surface area contributed by atoms with Gasteiger partial charge in [-0.1, -0.05) is 6.92 Å². The molecule has 1 unspecified atom stereocenters. The standard InChI is InChI=1S/C19H22F2N2O4S/c1-4-18(19(24)22-17-11-6-13(20)12-16(17)21)23(28(3,25)26)14-7-9-15(10-8-14)27-5-2/h6-12,18H,4-5H2,1-3H3,(H,22,24). The highest BCUT2D eigenvalue weighted by Gasteiger charge is 2.32. The zero-order valence-electron chi connectivity index (χ0n) is 15.8. The molecule has 1 atom stereocenters. The molecule has 0 saturated heterocycles. The minimum absolute atomic E-state index is 0.134. The fourth-order valence-corrected chi connectivity index (χ4v) is 3.93. The van der Waals surface area contributed by atoms with E-state index >= 15 is 0 Å². The summed E-state index contributed by atoms with van der Waals surface area (Å²) in [6.07, 6.45) is 1.12. The van der Waals surface area contributed by atoms with Gasteiger partial charge >= 0.3 is 0 Å². The van der Waals surface area contributed by atoms with Crippen molar-refractivity contribution in [2.45, 2.75) is 26.3 Å². The van der Waals surface area contributed by atoms with Crippen LogP contribution in [0.2, 0.25) is 0 Å². The molecule has 0 heterocycles. The third kappa shape index (κ3) is 5.19. The predicted octanol–water partition coefficient (Wildman–Crippen LogP) is 3.55. The average Bonchev–Trinajstić information content (AvgIpc) is 2.62. The highest BCUT2D eigenvalue weighted by atomic mass is 32.2. The van der Waals surface area contributed by atoms with E-state index in [9.17, 15) is 22.0 Å². The molecule has 0 spiro atoms. The number of nitrogens with zero attached hydrogens (tertiary/aromatic N) is 1. The Bertz CT molecular complexity index is 933. The van der Waals surface area contributed by atoms with Crippen molar-refractivity contribution in [2.75, 3.05) is 22.5 Å². The first-order valence-electron chi connectivity index (χ1n) is 8.65. The lowest BCUT2D eigenvalue weighted by Crippen LogP contribution is -2.47. The molecular formula is C19H22F2N2O4S. The van der Waals surface area contributed by atoms with Crippen LogP contribution in [0.1, 0.15) is 20.3 Å². The molecule has 0 radical (unpaired) electrons. The maximum atomic E-state index is 13.9. The van der Waals surface area contributed by atoms with Crippen LogP contribution in [0.15, 0.2) is 42.5 Å². The van der Waals surface area contributed by atoms with Crippen molar-refractivity contribution < 1.29 is 26.7 Å². The number of rotatable bonds is 8. The molecule has 0 aliphatic carbocycles. The van der Waals surface area contributed by atoms with Gasteiger partial charge in [0.15, 0.2) is 0 Å². The van der Waals surface area contributed by atoms with Gasteiger partial charge in [0.2, 0.25) is 15.9 Å². The van der Waals surface area contributed by atoms with Crippen LogP contribution in [0.3, 0.4) is 0 Å². The minimum atomic E-state index is -3.83. The summed E-state index contributed by atoms with van der Waals surface area (Å²) in [6, 6.07) is 7.84. The Labute approximate surface area is 163 Å². The lowest BCUT2D eigenvalue weighted by atomic mass is 10.1. The summed E-state index contributed by atoms with van der Waals surface area (Å²) in [5.41, 5.74) is 0.0394. The normalized spacial score (nSPS) is 12.3. The van der Waals surface area contributed by atoms with Crippen molar-refractivity contribution in [3.05, 3.63) is 54.1 Å². The van der Waals surface area contributed by atoms with E-state index in [2.05, 4.69) is 5.32 Å². The predicted molar refractivity (Wildman–Crippen MR) is 104 cm³/mol. The van der Waals surface area contributed by atoms with Crippen LogP contribution in [0.4, 0.5) is 20.2 Å². The molecule has 0 aromatic heterocycles. The van der Waals surface area contributed by atoms with E-state index in [4.69, 9.17) is 4.74 Å². The summed E-state index contributed by atoms with van der Waals surface area (Å²) in [4.78, 5) is 12.7. The quantitative estimate of drug-likeness (QED) is 0.720. The van der Waals surface area contributed by atoms with E-state index in [0.29, 0.717) is 18.4 Å². The van der Waals surface area contributed by atoms with Crippen LogP contribution in [0.5, 0.6) is 5.75 Å². The molecule has 0 aliphatic rings. The number of sulfonamides is 1. The molecule has 2 aromatic carbocycles. The largest absolute Gasteiger partial charge is 0.494 e. The van der Waals surface area contributed by atoms with E-state index in [-0.39, 0.29) is 17.8 Å². The van der Waals surface area contributed by atoms with E-state index < -0.39 is 33.6 Å². The summed E-state index contributed by atoms with van der Waals surface area (Å²) < 4.78 is 58.0. The molecule has 1 amide bonds. The first-order chi connectivity index (χ1) is 13.2. The topological polar surface area (TPSA) is 75.7 Å². The summed E-state index contributed by atoms with van der Waals surface area (Å²) in [7, 11) is -3.83. The maximum absolute atomic E-state index is 13.9. The zero-order valence-corrected chi connectivity index (χ0v) is 16.6. The second-order valence-corrected chi connectivity index (χ2v) is 7.88. The molecule has 1 N–H and O–H groups in total. The lowest BCUT2D eigenvalue weighted by molar-refractivity contribution is -0.117. The van der Waals surface area contributed by atoms with Gasteiger partial charge in [0.05, 0.1) is 24.2 Å². The molecule has 2 aromatic rings. The fourth-order valence-electron chi connectivity index (χ4n) is 2.72. The van der Waals surface area contributed by atoms with Gasteiger partial charge in [0, 0.05) is 6.07 Å². The van der Waals surface area contributed by atoms with Crippen molar-refractivity contribution in [1.82, 2.24) is 0 Å². The van der Waals surface area contributed by atoms with Crippen molar-refractivity contribution in [3.8, 4) is 5.75 Å². The molecule has 0 aliphatic heterocycles. The zero-order chi connectivity index (χ0) is 20.9. The third-order valence-electron chi connectivity index (χ3n) is 3.92. The number of benzene rings is 2. The summed E-state index contributed by atoms with van der Waals surface area (Å²) in [5, 5.41) is 2.33. The van der Waals surface area contributed by atoms with Crippen molar-refractivity contribution in [3.63, 3.8) is 0 Å². The monoisotopic (exact) mass is 412 g/mol. The fraction of sp³-hybridized carbons (Fsp3) is 0.316. The highest BCUT2D eigenvalue weighted by molar-refractivity contribution is 7.92. The molecular weight excluding hydrogens is 390 g/mol. The Morgan fingerprint density at radius 3 is 2.29 bits per heavy atom. The Balaban J connectivity index is 2.35. The van der Waals surface area contributed by atoms with Crippen molar-refractivity contribution in [1.29, 1.82) is 0 Å². The Hall–Kier alpha value is -2.68. The number of ether oxygens (including phenoxy) is 1. The van der Waals surface area contributed by atoms with Gasteiger partial charge in [-0.3, -0.25) is 9.10 Å². The van der Waals surface area contributed by atoms with Crippen LogP contribution in [0, 0.1) is 11.6 Å². The second-order valence-electron chi connectivity index (χ2n) is 6.02. The van der Waals surface area contributed by atoms with Gasteiger partial charge < -0.3 is 10.1 Å². The van der Waals surface area contributed by atoms with E-state index in [1.165, 1.54) is 12.1 Å². The van der Waals surface area contributed by atoms with Gasteiger partial charge in [-0.05, 0) is 49.7 Å². The number of anilines is 2. The smallest absolute Gasteiger partial charge is 0.248 e. The van der Waals surface area contributed by atoms with E-state index in [1.54, 1.807) is 19.1 Å². The molecule has 0 fully saturated rings. The molecule has 28 heavy (non-hydrogen) atoms.